The van der Waals surface area contributed by atoms with E-state index in [1.54, 1.807) is 18.6 Å². The van der Waals surface area contributed by atoms with E-state index in [0.29, 0.717) is 6.42 Å². The first-order chi connectivity index (χ1) is 12.2. The molecular weight excluding hydrogens is 314 g/mol. The van der Waals surface area contributed by atoms with Crippen molar-refractivity contribution in [3.8, 4) is 0 Å². The summed E-state index contributed by atoms with van der Waals surface area (Å²) >= 11 is 0. The molecule has 2 aromatic heterocycles. The molecule has 0 radical (unpaired) electrons. The van der Waals surface area contributed by atoms with Crippen LogP contribution >= 0.6 is 0 Å². The van der Waals surface area contributed by atoms with Crippen molar-refractivity contribution >= 4 is 23.0 Å². The van der Waals surface area contributed by atoms with E-state index in [1.807, 2.05) is 24.3 Å². The van der Waals surface area contributed by atoms with E-state index < -0.39 is 0 Å². The molecule has 25 heavy (non-hydrogen) atoms. The zero-order chi connectivity index (χ0) is 17.2. The summed E-state index contributed by atoms with van der Waals surface area (Å²) in [5, 5.41) is 8.57. The highest BCUT2D eigenvalue weighted by Gasteiger charge is 2.30. The third-order valence-corrected chi connectivity index (χ3v) is 4.53. The second-order valence-corrected chi connectivity index (χ2v) is 6.23. The molecule has 0 unspecified atom stereocenters. The number of hydrogen-bond acceptors (Lipinski definition) is 4. The van der Waals surface area contributed by atoms with Gasteiger partial charge < -0.3 is 4.98 Å². The Morgan fingerprint density at radius 3 is 3.04 bits per heavy atom. The van der Waals surface area contributed by atoms with E-state index in [2.05, 4.69) is 44.9 Å². The van der Waals surface area contributed by atoms with Gasteiger partial charge in [0.25, 0.3) is 5.91 Å². The molecule has 0 bridgehead atoms. The Balaban J connectivity index is 1.50. The predicted octanol–water partition coefficient (Wildman–Crippen LogP) is 2.29. The number of benzene rings is 1. The minimum absolute atomic E-state index is 0.0780. The number of nitrogens with one attached hydrogen (secondary N) is 3. The van der Waals surface area contributed by atoms with Crippen LogP contribution in [0.15, 0.2) is 53.9 Å². The van der Waals surface area contributed by atoms with Crippen LogP contribution in [0.2, 0.25) is 0 Å². The van der Waals surface area contributed by atoms with Gasteiger partial charge in [0, 0.05) is 40.6 Å². The maximum Gasteiger partial charge on any atom is 0.257 e. The number of amides is 1. The van der Waals surface area contributed by atoms with Crippen LogP contribution in [0.5, 0.6) is 0 Å². The number of nitrogens with zero attached hydrogens (tertiary/aromatic N) is 2. The van der Waals surface area contributed by atoms with Crippen molar-refractivity contribution in [1.82, 2.24) is 20.7 Å². The van der Waals surface area contributed by atoms with Crippen molar-refractivity contribution < 1.29 is 4.79 Å². The van der Waals surface area contributed by atoms with Gasteiger partial charge in [-0.25, -0.2) is 5.43 Å². The van der Waals surface area contributed by atoms with Gasteiger partial charge in [0.15, 0.2) is 0 Å². The summed E-state index contributed by atoms with van der Waals surface area (Å²) in [4.78, 5) is 20.0. The van der Waals surface area contributed by atoms with Gasteiger partial charge in [0.05, 0.1) is 12.3 Å². The summed E-state index contributed by atoms with van der Waals surface area (Å²) in [6, 6.07) is 11.7. The quantitative estimate of drug-likeness (QED) is 0.508. The zero-order valence-corrected chi connectivity index (χ0v) is 13.9. The molecule has 0 fully saturated rings. The first-order valence-corrected chi connectivity index (χ1v) is 8.31. The van der Waals surface area contributed by atoms with E-state index in [-0.39, 0.29) is 18.0 Å². The Kier molecular flexibility index (Phi) is 4.03. The van der Waals surface area contributed by atoms with Gasteiger partial charge in [-0.2, -0.15) is 5.10 Å². The van der Waals surface area contributed by atoms with Crippen LogP contribution in [0.4, 0.5) is 0 Å². The number of H-pyrrole nitrogens is 1. The molecule has 0 saturated heterocycles. The van der Waals surface area contributed by atoms with E-state index in [1.165, 1.54) is 10.9 Å². The number of carbonyl (C=O) groups is 1. The summed E-state index contributed by atoms with van der Waals surface area (Å²) in [6.07, 6.45) is 5.61. The van der Waals surface area contributed by atoms with Gasteiger partial charge in [-0.1, -0.05) is 24.3 Å². The number of carbonyl (C=O) groups excluding carboxylic acids is 1. The monoisotopic (exact) mass is 333 g/mol. The molecule has 3 heterocycles. The van der Waals surface area contributed by atoms with Gasteiger partial charge in [0.1, 0.15) is 0 Å². The molecule has 3 N–H and O–H groups in total. The Morgan fingerprint density at radius 2 is 2.20 bits per heavy atom. The van der Waals surface area contributed by atoms with Gasteiger partial charge in [-0.3, -0.25) is 15.1 Å². The lowest BCUT2D eigenvalue weighted by Gasteiger charge is -2.27. The minimum Gasteiger partial charge on any atom is -0.357 e. The number of hydrogen-bond donors (Lipinski definition) is 3. The fourth-order valence-electron chi connectivity index (χ4n) is 3.33. The first-order valence-electron chi connectivity index (χ1n) is 8.31. The number of rotatable bonds is 3. The lowest BCUT2D eigenvalue weighted by atomic mass is 9.94. The van der Waals surface area contributed by atoms with E-state index in [0.717, 1.165) is 16.8 Å². The van der Waals surface area contributed by atoms with Crippen LogP contribution in [0.25, 0.3) is 10.9 Å². The van der Waals surface area contributed by atoms with Gasteiger partial charge in [-0.15, -0.1) is 0 Å². The van der Waals surface area contributed by atoms with Crippen molar-refractivity contribution in [3.05, 3.63) is 65.6 Å². The molecule has 2 atom stereocenters. The summed E-state index contributed by atoms with van der Waals surface area (Å²) in [5.41, 5.74) is 6.93. The van der Waals surface area contributed by atoms with Gasteiger partial charge >= 0.3 is 0 Å². The second-order valence-electron chi connectivity index (χ2n) is 6.23. The highest BCUT2D eigenvalue weighted by molar-refractivity contribution is 5.89. The maximum atomic E-state index is 12.5. The largest absolute Gasteiger partial charge is 0.357 e. The van der Waals surface area contributed by atoms with Crippen molar-refractivity contribution in [2.24, 2.45) is 5.10 Å². The SMILES string of the molecule is C[C@@H]1N[C@H](C(=O)N/N=C/c2cccnc2)Cc2c1[nH]c1ccccc21. The van der Waals surface area contributed by atoms with Gasteiger partial charge in [0.2, 0.25) is 0 Å². The average Bonchev–Trinajstić information content (AvgIpc) is 3.02. The Hall–Kier alpha value is -2.99. The van der Waals surface area contributed by atoms with Crippen molar-refractivity contribution in [3.63, 3.8) is 0 Å². The number of fused-ring (bicyclic) bond motifs is 3. The van der Waals surface area contributed by atoms with Gasteiger partial charge in [-0.05, 0) is 31.0 Å². The normalized spacial score (nSPS) is 19.9. The molecule has 4 rings (SSSR count). The van der Waals surface area contributed by atoms with Crippen molar-refractivity contribution in [1.29, 1.82) is 0 Å². The third-order valence-electron chi connectivity index (χ3n) is 4.53. The summed E-state index contributed by atoms with van der Waals surface area (Å²) < 4.78 is 0. The number of aromatic amines is 1. The highest BCUT2D eigenvalue weighted by atomic mass is 16.2. The lowest BCUT2D eigenvalue weighted by Crippen LogP contribution is -2.47. The van der Waals surface area contributed by atoms with Crippen LogP contribution in [-0.2, 0) is 11.2 Å². The summed E-state index contributed by atoms with van der Waals surface area (Å²) in [7, 11) is 0. The lowest BCUT2D eigenvalue weighted by molar-refractivity contribution is -0.123. The van der Waals surface area contributed by atoms with Crippen molar-refractivity contribution in [2.45, 2.75) is 25.4 Å². The standard InChI is InChI=1S/C19H19N5O/c1-12-18-15(14-6-2-3-7-16(14)23-18)9-17(22-12)19(25)24-21-11-13-5-4-8-20-10-13/h2-8,10-12,17,22-23H,9H2,1H3,(H,24,25)/b21-11+/t12-,17-/m0/s1. The fourth-order valence-corrected chi connectivity index (χ4v) is 3.33. The van der Waals surface area contributed by atoms with E-state index in [4.69, 9.17) is 0 Å². The molecule has 126 valence electrons. The maximum absolute atomic E-state index is 12.5. The average molecular weight is 333 g/mol. The predicted molar refractivity (Wildman–Crippen MR) is 97.3 cm³/mol. The summed E-state index contributed by atoms with van der Waals surface area (Å²) in [6.45, 7) is 2.06. The van der Waals surface area contributed by atoms with E-state index >= 15 is 0 Å². The van der Waals surface area contributed by atoms with Crippen LogP contribution in [-0.4, -0.2) is 28.1 Å². The van der Waals surface area contributed by atoms with E-state index in [9.17, 15) is 4.79 Å². The molecule has 1 amide bonds. The number of aromatic nitrogens is 2. The smallest absolute Gasteiger partial charge is 0.257 e. The molecule has 0 saturated carbocycles. The Bertz CT molecular complexity index is 931. The molecule has 1 aliphatic rings. The Morgan fingerprint density at radius 1 is 1.32 bits per heavy atom. The number of para-hydroxylation sites is 1. The van der Waals surface area contributed by atoms with Crippen molar-refractivity contribution in [2.75, 3.05) is 0 Å². The molecular formula is C19H19N5O. The molecule has 1 aliphatic heterocycles. The van der Waals surface area contributed by atoms with Crippen LogP contribution in [0, 0.1) is 0 Å². The van der Waals surface area contributed by atoms with Crippen LogP contribution in [0.3, 0.4) is 0 Å². The second kappa shape index (κ2) is 6.49. The zero-order valence-electron chi connectivity index (χ0n) is 13.9. The molecule has 0 aliphatic carbocycles. The number of hydrazone groups is 1. The fraction of sp³-hybridized carbons (Fsp3) is 0.211. The molecule has 1 aromatic carbocycles. The molecule has 6 nitrogen and oxygen atoms in total. The molecule has 3 aromatic rings. The summed E-state index contributed by atoms with van der Waals surface area (Å²) in [5.74, 6) is -0.136. The molecule has 0 spiro atoms. The van der Waals surface area contributed by atoms with Crippen LogP contribution < -0.4 is 10.7 Å². The topological polar surface area (TPSA) is 82.2 Å². The third kappa shape index (κ3) is 3.04. The first kappa shape index (κ1) is 15.5. The molecule has 6 heteroatoms. The number of pyridine rings is 1. The van der Waals surface area contributed by atoms with Crippen LogP contribution in [0.1, 0.15) is 29.8 Å². The minimum atomic E-state index is -0.312. The Labute approximate surface area is 145 Å². The highest BCUT2D eigenvalue weighted by Crippen LogP contribution is 2.31.